The van der Waals surface area contributed by atoms with Crippen molar-refractivity contribution in [2.45, 2.75) is 6.92 Å². The van der Waals surface area contributed by atoms with E-state index in [0.717, 1.165) is 0 Å². The third-order valence-corrected chi connectivity index (χ3v) is 1.52. The molecule has 0 atom stereocenters. The van der Waals surface area contributed by atoms with E-state index in [-0.39, 0.29) is 17.5 Å². The molecule has 0 fully saturated rings. The molecule has 2 aromatic rings. The zero-order valence-electron chi connectivity index (χ0n) is 7.34. The van der Waals surface area contributed by atoms with E-state index in [4.69, 9.17) is 4.52 Å². The molecule has 0 aliphatic rings. The molecule has 0 N–H and O–H groups in total. The van der Waals surface area contributed by atoms with Gasteiger partial charge in [0, 0.05) is 19.3 Å². The molecule has 2 heterocycles. The van der Waals surface area contributed by atoms with Crippen LogP contribution in [-0.4, -0.2) is 25.9 Å². The van der Waals surface area contributed by atoms with Crippen molar-refractivity contribution in [1.29, 1.82) is 0 Å². The maximum absolute atomic E-state index is 10.9. The molecular formula is C8H6N4O2. The lowest BCUT2D eigenvalue weighted by molar-refractivity contribution is 0.0972. The largest absolute Gasteiger partial charge is 0.330 e. The molecule has 6 heteroatoms. The van der Waals surface area contributed by atoms with Crippen molar-refractivity contribution in [3.63, 3.8) is 0 Å². The van der Waals surface area contributed by atoms with Gasteiger partial charge in [-0.3, -0.25) is 9.78 Å². The minimum atomic E-state index is -0.271. The van der Waals surface area contributed by atoms with E-state index in [2.05, 4.69) is 20.1 Å². The van der Waals surface area contributed by atoms with Crippen LogP contribution in [0, 0.1) is 0 Å². The molecule has 0 unspecified atom stereocenters. The molecule has 2 aromatic heterocycles. The van der Waals surface area contributed by atoms with Crippen LogP contribution in [0.2, 0.25) is 0 Å². The van der Waals surface area contributed by atoms with Crippen LogP contribution in [-0.2, 0) is 0 Å². The van der Waals surface area contributed by atoms with Gasteiger partial charge in [0.2, 0.25) is 11.6 Å². The van der Waals surface area contributed by atoms with Crippen LogP contribution in [0.5, 0.6) is 0 Å². The Morgan fingerprint density at radius 2 is 2.29 bits per heavy atom. The third-order valence-electron chi connectivity index (χ3n) is 1.52. The number of carbonyl (C=O) groups is 1. The Hall–Kier alpha value is -2.11. The fourth-order valence-electron chi connectivity index (χ4n) is 0.885. The van der Waals surface area contributed by atoms with Gasteiger partial charge >= 0.3 is 0 Å². The summed E-state index contributed by atoms with van der Waals surface area (Å²) in [6.45, 7) is 1.36. The molecule has 6 nitrogen and oxygen atoms in total. The van der Waals surface area contributed by atoms with Gasteiger partial charge in [-0.05, 0) is 0 Å². The lowest BCUT2D eigenvalue weighted by Gasteiger charge is -1.88. The van der Waals surface area contributed by atoms with Gasteiger partial charge in [-0.25, -0.2) is 4.98 Å². The minimum Gasteiger partial charge on any atom is -0.330 e. The van der Waals surface area contributed by atoms with Gasteiger partial charge in [0.15, 0.2) is 0 Å². The Labute approximate surface area is 79.0 Å². The van der Waals surface area contributed by atoms with Crippen molar-refractivity contribution in [2.75, 3.05) is 0 Å². The highest BCUT2D eigenvalue weighted by Crippen LogP contribution is 2.10. The smallest absolute Gasteiger partial charge is 0.294 e. The summed E-state index contributed by atoms with van der Waals surface area (Å²) in [5.74, 6) is -0.0263. The van der Waals surface area contributed by atoms with Crippen LogP contribution in [0.3, 0.4) is 0 Å². The van der Waals surface area contributed by atoms with Gasteiger partial charge in [0.25, 0.3) is 5.89 Å². The summed E-state index contributed by atoms with van der Waals surface area (Å²) in [5.41, 5.74) is 0.476. The fraction of sp³-hybridized carbons (Fsp3) is 0.125. The zero-order chi connectivity index (χ0) is 9.97. The molecule has 0 saturated carbocycles. The Morgan fingerprint density at radius 1 is 1.43 bits per heavy atom. The maximum atomic E-state index is 10.9. The molecular weight excluding hydrogens is 184 g/mol. The molecule has 0 aliphatic heterocycles. The molecule has 0 saturated heterocycles. The second-order valence-electron chi connectivity index (χ2n) is 2.57. The number of Topliss-reactive ketones (excluding diaryl/α,β-unsaturated/α-hetero) is 1. The molecule has 0 radical (unpaired) electrons. The Morgan fingerprint density at radius 3 is 2.86 bits per heavy atom. The molecule has 0 amide bonds. The van der Waals surface area contributed by atoms with Gasteiger partial charge in [0.05, 0.1) is 6.20 Å². The lowest BCUT2D eigenvalue weighted by Crippen LogP contribution is -1.92. The minimum absolute atomic E-state index is 0.0225. The summed E-state index contributed by atoms with van der Waals surface area (Å²) in [6, 6.07) is 0. The first-order valence-electron chi connectivity index (χ1n) is 3.88. The van der Waals surface area contributed by atoms with Crippen LogP contribution < -0.4 is 0 Å². The highest BCUT2D eigenvalue weighted by atomic mass is 16.5. The van der Waals surface area contributed by atoms with E-state index in [1.165, 1.54) is 25.5 Å². The number of aromatic nitrogens is 4. The average molecular weight is 190 g/mol. The van der Waals surface area contributed by atoms with Gasteiger partial charge < -0.3 is 4.52 Å². The van der Waals surface area contributed by atoms with E-state index >= 15 is 0 Å². The standard InChI is InChI=1S/C8H6N4O2/c1-5(13)8-11-7(12-14-8)6-4-9-2-3-10-6/h2-4H,1H3. The van der Waals surface area contributed by atoms with Crippen LogP contribution in [0.1, 0.15) is 17.6 Å². The van der Waals surface area contributed by atoms with E-state index in [1.54, 1.807) is 0 Å². The van der Waals surface area contributed by atoms with Crippen LogP contribution in [0.4, 0.5) is 0 Å². The number of rotatable bonds is 2. The van der Waals surface area contributed by atoms with E-state index < -0.39 is 0 Å². The van der Waals surface area contributed by atoms with E-state index in [1.807, 2.05) is 0 Å². The predicted octanol–water partition coefficient (Wildman–Crippen LogP) is 0.729. The predicted molar refractivity (Wildman–Crippen MR) is 45.3 cm³/mol. The van der Waals surface area contributed by atoms with E-state index in [9.17, 15) is 4.79 Å². The van der Waals surface area contributed by atoms with Crippen molar-refractivity contribution in [3.05, 3.63) is 24.5 Å². The summed E-state index contributed by atoms with van der Waals surface area (Å²) >= 11 is 0. The second-order valence-corrected chi connectivity index (χ2v) is 2.57. The highest BCUT2D eigenvalue weighted by molar-refractivity contribution is 5.89. The van der Waals surface area contributed by atoms with Crippen molar-refractivity contribution < 1.29 is 9.32 Å². The maximum Gasteiger partial charge on any atom is 0.294 e. The first-order chi connectivity index (χ1) is 6.77. The summed E-state index contributed by atoms with van der Waals surface area (Å²) < 4.78 is 4.70. The summed E-state index contributed by atoms with van der Waals surface area (Å²) in [4.78, 5) is 22.5. The normalized spacial score (nSPS) is 10.1. The number of hydrogen-bond acceptors (Lipinski definition) is 6. The van der Waals surface area contributed by atoms with Crippen molar-refractivity contribution in [2.24, 2.45) is 0 Å². The summed E-state index contributed by atoms with van der Waals surface area (Å²) in [6.07, 6.45) is 4.55. The molecule has 2 rings (SSSR count). The highest BCUT2D eigenvalue weighted by Gasteiger charge is 2.12. The molecule has 0 spiro atoms. The van der Waals surface area contributed by atoms with Gasteiger partial charge in [-0.15, -0.1) is 0 Å². The monoisotopic (exact) mass is 190 g/mol. The zero-order valence-corrected chi connectivity index (χ0v) is 7.34. The summed E-state index contributed by atoms with van der Waals surface area (Å²) in [7, 11) is 0. The topological polar surface area (TPSA) is 81.8 Å². The number of ketones is 1. The van der Waals surface area contributed by atoms with Crippen molar-refractivity contribution >= 4 is 5.78 Å². The molecule has 0 aromatic carbocycles. The van der Waals surface area contributed by atoms with E-state index in [0.29, 0.717) is 5.69 Å². The molecule has 0 bridgehead atoms. The lowest BCUT2D eigenvalue weighted by atomic mass is 10.4. The molecule has 14 heavy (non-hydrogen) atoms. The second kappa shape index (κ2) is 3.33. The van der Waals surface area contributed by atoms with Gasteiger partial charge in [0.1, 0.15) is 5.69 Å². The quantitative estimate of drug-likeness (QED) is 0.649. The Balaban J connectivity index is 2.39. The first-order valence-corrected chi connectivity index (χ1v) is 3.88. The third kappa shape index (κ3) is 1.49. The van der Waals surface area contributed by atoms with Gasteiger partial charge in [-0.1, -0.05) is 5.16 Å². The van der Waals surface area contributed by atoms with Crippen LogP contribution in [0.25, 0.3) is 11.5 Å². The fourth-order valence-corrected chi connectivity index (χ4v) is 0.885. The van der Waals surface area contributed by atoms with Crippen molar-refractivity contribution in [1.82, 2.24) is 20.1 Å². The molecule has 0 aliphatic carbocycles. The van der Waals surface area contributed by atoms with Gasteiger partial charge in [-0.2, -0.15) is 4.98 Å². The SMILES string of the molecule is CC(=O)c1nc(-c2cnccn2)no1. The number of carbonyl (C=O) groups excluding carboxylic acids is 1. The first kappa shape index (κ1) is 8.49. The van der Waals surface area contributed by atoms with Crippen LogP contribution in [0.15, 0.2) is 23.1 Å². The number of nitrogens with zero attached hydrogens (tertiary/aromatic N) is 4. The Bertz CT molecular complexity index is 451. The van der Waals surface area contributed by atoms with Crippen LogP contribution >= 0.6 is 0 Å². The van der Waals surface area contributed by atoms with Crippen molar-refractivity contribution in [3.8, 4) is 11.5 Å². The average Bonchev–Trinajstić information content (AvgIpc) is 2.68. The number of hydrogen-bond donors (Lipinski definition) is 0. The summed E-state index contributed by atoms with van der Waals surface area (Å²) in [5, 5.41) is 3.60. The Kier molecular flexibility index (Phi) is 2.02. The molecule has 70 valence electrons.